The van der Waals surface area contributed by atoms with Gasteiger partial charge < -0.3 is 19.3 Å². The van der Waals surface area contributed by atoms with Gasteiger partial charge in [-0.05, 0) is 43.4 Å². The average molecular weight is 342 g/mol. The fraction of sp³-hybridized carbons (Fsp3) is 0.474. The summed E-state index contributed by atoms with van der Waals surface area (Å²) >= 11 is 0. The largest absolute Gasteiger partial charge is 0.491 e. The summed E-state index contributed by atoms with van der Waals surface area (Å²) in [5.41, 5.74) is 1.35. The number of aromatic nitrogens is 1. The summed E-state index contributed by atoms with van der Waals surface area (Å²) < 4.78 is 16.5. The Bertz CT molecular complexity index is 715. The molecule has 2 aromatic rings. The Kier molecular flexibility index (Phi) is 4.70. The van der Waals surface area contributed by atoms with Gasteiger partial charge in [-0.3, -0.25) is 4.79 Å². The Hall–Kier alpha value is -2.34. The van der Waals surface area contributed by atoms with Gasteiger partial charge in [-0.2, -0.15) is 0 Å². The molecule has 0 bridgehead atoms. The topological polar surface area (TPSA) is 73.6 Å². The van der Waals surface area contributed by atoms with Gasteiger partial charge in [-0.15, -0.1) is 0 Å². The number of benzene rings is 1. The van der Waals surface area contributed by atoms with Gasteiger partial charge in [0.25, 0.3) is 5.91 Å². The molecule has 1 aromatic heterocycles. The van der Waals surface area contributed by atoms with Crippen LogP contribution in [0.15, 0.2) is 34.9 Å². The molecule has 1 saturated heterocycles. The van der Waals surface area contributed by atoms with E-state index < -0.39 is 0 Å². The molecule has 4 rings (SSSR count). The molecule has 0 unspecified atom stereocenters. The van der Waals surface area contributed by atoms with Gasteiger partial charge in [0.2, 0.25) is 0 Å². The minimum Gasteiger partial charge on any atom is -0.491 e. The first-order valence-electron chi connectivity index (χ1n) is 8.86. The van der Waals surface area contributed by atoms with Crippen molar-refractivity contribution in [3.8, 4) is 5.75 Å². The lowest BCUT2D eigenvalue weighted by atomic mass is 10.2. The van der Waals surface area contributed by atoms with Crippen LogP contribution in [0.4, 0.5) is 0 Å². The van der Waals surface area contributed by atoms with Crippen LogP contribution in [0.5, 0.6) is 5.75 Å². The summed E-state index contributed by atoms with van der Waals surface area (Å²) in [6.45, 7) is 1.86. The molecule has 1 amide bonds. The smallest absolute Gasteiger partial charge is 0.273 e. The fourth-order valence-electron chi connectivity index (χ4n) is 2.90. The highest BCUT2D eigenvalue weighted by Gasteiger charge is 2.28. The number of amides is 1. The van der Waals surface area contributed by atoms with Gasteiger partial charge in [0.1, 0.15) is 18.1 Å². The second-order valence-corrected chi connectivity index (χ2v) is 6.66. The molecule has 2 aliphatic rings. The molecule has 0 radical (unpaired) electrons. The van der Waals surface area contributed by atoms with Gasteiger partial charge in [0.15, 0.2) is 5.69 Å². The van der Waals surface area contributed by atoms with Gasteiger partial charge in [0, 0.05) is 25.1 Å². The van der Waals surface area contributed by atoms with Crippen LogP contribution in [0.25, 0.3) is 0 Å². The molecular formula is C19H22N2O4. The minimum absolute atomic E-state index is 0.210. The summed E-state index contributed by atoms with van der Waals surface area (Å²) in [5.74, 6) is 1.87. The van der Waals surface area contributed by atoms with E-state index in [2.05, 4.69) is 10.5 Å². The summed E-state index contributed by atoms with van der Waals surface area (Å²) in [6.07, 6.45) is 4.63. The number of carbonyl (C=O) groups is 1. The molecule has 6 heteroatoms. The van der Waals surface area contributed by atoms with E-state index in [0.29, 0.717) is 24.8 Å². The summed E-state index contributed by atoms with van der Waals surface area (Å²) in [7, 11) is 0. The zero-order chi connectivity index (χ0) is 17.1. The SMILES string of the molecule is O=C(NCc1ccc(OC[C@@H]2CCCO2)cc1)c1cc(C2CC2)on1. The third-order valence-electron chi connectivity index (χ3n) is 4.58. The van der Waals surface area contributed by atoms with Crippen molar-refractivity contribution in [2.24, 2.45) is 0 Å². The molecule has 132 valence electrons. The van der Waals surface area contributed by atoms with Crippen LogP contribution in [-0.2, 0) is 11.3 Å². The molecule has 1 aromatic carbocycles. The molecule has 0 spiro atoms. The van der Waals surface area contributed by atoms with Gasteiger partial charge in [-0.25, -0.2) is 0 Å². The number of hydrogen-bond donors (Lipinski definition) is 1. The first-order valence-corrected chi connectivity index (χ1v) is 8.86. The number of hydrogen-bond acceptors (Lipinski definition) is 5. The highest BCUT2D eigenvalue weighted by atomic mass is 16.5. The lowest BCUT2D eigenvalue weighted by Crippen LogP contribution is -2.23. The first kappa shape index (κ1) is 16.1. The van der Waals surface area contributed by atoms with Crippen molar-refractivity contribution in [2.75, 3.05) is 13.2 Å². The van der Waals surface area contributed by atoms with Gasteiger partial charge in [0.05, 0.1) is 6.10 Å². The monoisotopic (exact) mass is 342 g/mol. The number of rotatable bonds is 7. The number of nitrogens with one attached hydrogen (secondary N) is 1. The van der Waals surface area contributed by atoms with Crippen LogP contribution in [0.2, 0.25) is 0 Å². The highest BCUT2D eigenvalue weighted by Crippen LogP contribution is 2.40. The lowest BCUT2D eigenvalue weighted by Gasteiger charge is -2.11. The predicted molar refractivity (Wildman–Crippen MR) is 90.6 cm³/mol. The normalized spacial score (nSPS) is 19.8. The van der Waals surface area contributed by atoms with Gasteiger partial charge in [-0.1, -0.05) is 17.3 Å². The fourth-order valence-corrected chi connectivity index (χ4v) is 2.90. The van der Waals surface area contributed by atoms with E-state index >= 15 is 0 Å². The molecular weight excluding hydrogens is 320 g/mol. The number of carbonyl (C=O) groups excluding carboxylic acids is 1. The summed E-state index contributed by atoms with van der Waals surface area (Å²) in [4.78, 5) is 12.1. The van der Waals surface area contributed by atoms with E-state index in [1.807, 2.05) is 24.3 Å². The molecule has 6 nitrogen and oxygen atoms in total. The Labute approximate surface area is 146 Å². The zero-order valence-electron chi connectivity index (χ0n) is 14.1. The number of ether oxygens (including phenoxy) is 2. The van der Waals surface area contributed by atoms with Gasteiger partial charge >= 0.3 is 0 Å². The van der Waals surface area contributed by atoms with E-state index in [9.17, 15) is 4.79 Å². The quantitative estimate of drug-likeness (QED) is 0.837. The molecule has 2 heterocycles. The maximum atomic E-state index is 12.1. The Balaban J connectivity index is 1.24. The molecule has 25 heavy (non-hydrogen) atoms. The van der Waals surface area contributed by atoms with Crippen LogP contribution in [0.3, 0.4) is 0 Å². The van der Waals surface area contributed by atoms with E-state index in [0.717, 1.165) is 49.4 Å². The minimum atomic E-state index is -0.214. The molecule has 2 fully saturated rings. The summed E-state index contributed by atoms with van der Waals surface area (Å²) in [6, 6.07) is 9.47. The molecule has 1 aliphatic carbocycles. The van der Waals surface area contributed by atoms with Crippen molar-refractivity contribution in [1.82, 2.24) is 10.5 Å². The van der Waals surface area contributed by atoms with Crippen LogP contribution in [-0.4, -0.2) is 30.4 Å². The third kappa shape index (κ3) is 4.20. The second kappa shape index (κ2) is 7.27. The van der Waals surface area contributed by atoms with E-state index in [4.69, 9.17) is 14.0 Å². The van der Waals surface area contributed by atoms with E-state index in [-0.39, 0.29) is 12.0 Å². The van der Waals surface area contributed by atoms with Crippen molar-refractivity contribution < 1.29 is 18.8 Å². The highest BCUT2D eigenvalue weighted by molar-refractivity contribution is 5.92. The standard InChI is InChI=1S/C19H22N2O4/c22-19(17-10-18(25-21-17)14-5-6-14)20-11-13-3-7-15(8-4-13)24-12-16-2-1-9-23-16/h3-4,7-8,10,14,16H,1-2,5-6,9,11-12H2,(H,20,22)/t16-/m0/s1. The lowest BCUT2D eigenvalue weighted by molar-refractivity contribution is 0.0679. The summed E-state index contributed by atoms with van der Waals surface area (Å²) in [5, 5.41) is 6.71. The Morgan fingerprint density at radius 1 is 1.24 bits per heavy atom. The maximum Gasteiger partial charge on any atom is 0.273 e. The van der Waals surface area contributed by atoms with Crippen LogP contribution < -0.4 is 10.1 Å². The van der Waals surface area contributed by atoms with E-state index in [1.165, 1.54) is 0 Å². The Morgan fingerprint density at radius 3 is 2.80 bits per heavy atom. The van der Waals surface area contributed by atoms with Crippen LogP contribution in [0.1, 0.15) is 53.4 Å². The predicted octanol–water partition coefficient (Wildman–Crippen LogP) is 3.04. The third-order valence-corrected chi connectivity index (χ3v) is 4.58. The van der Waals surface area contributed by atoms with Crippen molar-refractivity contribution in [1.29, 1.82) is 0 Å². The zero-order valence-corrected chi connectivity index (χ0v) is 14.1. The van der Waals surface area contributed by atoms with Crippen molar-refractivity contribution in [3.63, 3.8) is 0 Å². The first-order chi connectivity index (χ1) is 12.3. The Morgan fingerprint density at radius 2 is 2.08 bits per heavy atom. The number of nitrogens with zero attached hydrogens (tertiary/aromatic N) is 1. The molecule has 1 N–H and O–H groups in total. The molecule has 1 aliphatic heterocycles. The van der Waals surface area contributed by atoms with E-state index in [1.54, 1.807) is 6.07 Å². The second-order valence-electron chi connectivity index (χ2n) is 6.66. The van der Waals surface area contributed by atoms with Crippen molar-refractivity contribution >= 4 is 5.91 Å². The maximum absolute atomic E-state index is 12.1. The molecule has 1 atom stereocenters. The van der Waals surface area contributed by atoms with Crippen molar-refractivity contribution in [2.45, 2.75) is 44.2 Å². The average Bonchev–Trinajstić information content (AvgIpc) is 3.15. The van der Waals surface area contributed by atoms with Crippen LogP contribution >= 0.6 is 0 Å². The molecule has 1 saturated carbocycles. The van der Waals surface area contributed by atoms with Crippen molar-refractivity contribution in [3.05, 3.63) is 47.3 Å². The van der Waals surface area contributed by atoms with Crippen LogP contribution in [0, 0.1) is 0 Å².